The molecule has 0 amide bonds. The zero-order valence-electron chi connectivity index (χ0n) is 12.1. The number of methoxy groups -OCH3 is 1. The van der Waals surface area contributed by atoms with Crippen molar-refractivity contribution in [1.29, 1.82) is 0 Å². The first kappa shape index (κ1) is 16.4. The van der Waals surface area contributed by atoms with E-state index >= 15 is 0 Å². The van der Waals surface area contributed by atoms with Gasteiger partial charge in [-0.3, -0.25) is 10.1 Å². The van der Waals surface area contributed by atoms with Crippen LogP contribution < -0.4 is 10.1 Å². The lowest BCUT2D eigenvalue weighted by molar-refractivity contribution is -0.385. The average Bonchev–Trinajstić information content (AvgIpc) is 2.42. The molecule has 0 aliphatic rings. The summed E-state index contributed by atoms with van der Waals surface area (Å²) in [5, 5.41) is 23.2. The number of ether oxygens (including phenoxy) is 1. The number of nitro groups is 1. The van der Waals surface area contributed by atoms with Crippen LogP contribution in [0.25, 0.3) is 0 Å². The average molecular weight is 282 g/mol. The lowest BCUT2D eigenvalue weighted by Gasteiger charge is -2.21. The summed E-state index contributed by atoms with van der Waals surface area (Å²) in [6, 6.07) is 4.88. The first-order valence-electron chi connectivity index (χ1n) is 6.64. The quantitative estimate of drug-likeness (QED) is 0.563. The van der Waals surface area contributed by atoms with Crippen molar-refractivity contribution in [3.8, 4) is 5.75 Å². The fraction of sp³-hybridized carbons (Fsp3) is 0.571. The molecule has 0 spiro atoms. The van der Waals surface area contributed by atoms with E-state index in [1.807, 2.05) is 0 Å². The SMILES string of the molecule is COc1cc(CNC(CCO)C(C)C)cc([N+](=O)[O-])c1. The van der Waals surface area contributed by atoms with Gasteiger partial charge in [0.1, 0.15) is 5.75 Å². The summed E-state index contributed by atoms with van der Waals surface area (Å²) in [6.07, 6.45) is 0.656. The molecular formula is C14H22N2O4. The van der Waals surface area contributed by atoms with Crippen molar-refractivity contribution >= 4 is 5.69 Å². The molecule has 0 bridgehead atoms. The van der Waals surface area contributed by atoms with E-state index in [1.165, 1.54) is 19.2 Å². The van der Waals surface area contributed by atoms with E-state index in [0.717, 1.165) is 5.56 Å². The summed E-state index contributed by atoms with van der Waals surface area (Å²) in [5.41, 5.74) is 0.809. The second kappa shape index (κ2) is 7.81. The molecule has 0 aliphatic carbocycles. The summed E-state index contributed by atoms with van der Waals surface area (Å²) in [4.78, 5) is 10.4. The van der Waals surface area contributed by atoms with Gasteiger partial charge >= 0.3 is 0 Å². The van der Waals surface area contributed by atoms with Gasteiger partial charge in [-0.25, -0.2) is 0 Å². The van der Waals surface area contributed by atoms with E-state index in [4.69, 9.17) is 9.84 Å². The third-order valence-corrected chi connectivity index (χ3v) is 3.21. The molecule has 0 radical (unpaired) electrons. The van der Waals surface area contributed by atoms with E-state index < -0.39 is 4.92 Å². The molecular weight excluding hydrogens is 260 g/mol. The molecule has 2 N–H and O–H groups in total. The number of nitrogens with zero attached hydrogens (tertiary/aromatic N) is 1. The number of hydrogen-bond donors (Lipinski definition) is 2. The van der Waals surface area contributed by atoms with Gasteiger partial charge in [-0.05, 0) is 24.0 Å². The minimum Gasteiger partial charge on any atom is -0.496 e. The van der Waals surface area contributed by atoms with Crippen LogP contribution in [0.2, 0.25) is 0 Å². The van der Waals surface area contributed by atoms with Crippen LogP contribution in [-0.4, -0.2) is 29.8 Å². The maximum Gasteiger partial charge on any atom is 0.273 e. The van der Waals surface area contributed by atoms with Crippen LogP contribution in [0.15, 0.2) is 18.2 Å². The molecule has 1 atom stereocenters. The third-order valence-electron chi connectivity index (χ3n) is 3.21. The highest BCUT2D eigenvalue weighted by Crippen LogP contribution is 2.22. The number of non-ortho nitro benzene ring substituents is 1. The summed E-state index contributed by atoms with van der Waals surface area (Å²) in [6.45, 7) is 4.76. The highest BCUT2D eigenvalue weighted by molar-refractivity contribution is 5.42. The molecule has 6 nitrogen and oxygen atoms in total. The number of hydrogen-bond acceptors (Lipinski definition) is 5. The molecule has 0 saturated carbocycles. The predicted molar refractivity (Wildman–Crippen MR) is 76.8 cm³/mol. The minimum atomic E-state index is -0.431. The van der Waals surface area contributed by atoms with Crippen molar-refractivity contribution in [3.63, 3.8) is 0 Å². The molecule has 20 heavy (non-hydrogen) atoms. The van der Waals surface area contributed by atoms with Gasteiger partial charge in [-0.2, -0.15) is 0 Å². The fourth-order valence-electron chi connectivity index (χ4n) is 2.03. The van der Waals surface area contributed by atoms with Crippen molar-refractivity contribution < 1.29 is 14.8 Å². The van der Waals surface area contributed by atoms with E-state index in [9.17, 15) is 10.1 Å². The van der Waals surface area contributed by atoms with Crippen LogP contribution in [0, 0.1) is 16.0 Å². The van der Waals surface area contributed by atoms with Crippen molar-refractivity contribution in [3.05, 3.63) is 33.9 Å². The van der Waals surface area contributed by atoms with E-state index in [1.54, 1.807) is 6.07 Å². The van der Waals surface area contributed by atoms with Crippen LogP contribution >= 0.6 is 0 Å². The monoisotopic (exact) mass is 282 g/mol. The van der Waals surface area contributed by atoms with Gasteiger partial charge in [0.15, 0.2) is 0 Å². The molecule has 1 aromatic carbocycles. The Labute approximate surface area is 118 Å². The molecule has 0 saturated heterocycles. The van der Waals surface area contributed by atoms with Crippen molar-refractivity contribution in [2.75, 3.05) is 13.7 Å². The zero-order valence-corrected chi connectivity index (χ0v) is 12.1. The Morgan fingerprint density at radius 1 is 1.40 bits per heavy atom. The topological polar surface area (TPSA) is 84.6 Å². The molecule has 112 valence electrons. The van der Waals surface area contributed by atoms with E-state index in [2.05, 4.69) is 19.2 Å². The summed E-state index contributed by atoms with van der Waals surface area (Å²) < 4.78 is 5.08. The molecule has 0 fully saturated rings. The molecule has 0 aromatic heterocycles. The Morgan fingerprint density at radius 2 is 2.10 bits per heavy atom. The van der Waals surface area contributed by atoms with Crippen molar-refractivity contribution in [2.45, 2.75) is 32.9 Å². The van der Waals surface area contributed by atoms with E-state index in [0.29, 0.717) is 24.6 Å². The first-order chi connectivity index (χ1) is 9.47. The van der Waals surface area contributed by atoms with Crippen molar-refractivity contribution in [1.82, 2.24) is 5.32 Å². The van der Waals surface area contributed by atoms with Gasteiger partial charge < -0.3 is 15.2 Å². The highest BCUT2D eigenvalue weighted by Gasteiger charge is 2.14. The van der Waals surface area contributed by atoms with Crippen LogP contribution in [0.4, 0.5) is 5.69 Å². The Morgan fingerprint density at radius 3 is 2.60 bits per heavy atom. The second-order valence-corrected chi connectivity index (χ2v) is 5.04. The molecule has 6 heteroatoms. The largest absolute Gasteiger partial charge is 0.496 e. The highest BCUT2D eigenvalue weighted by atomic mass is 16.6. The Hall–Kier alpha value is -1.66. The van der Waals surface area contributed by atoms with Crippen LogP contribution in [-0.2, 0) is 6.54 Å². The Balaban J connectivity index is 2.80. The minimum absolute atomic E-state index is 0.0180. The molecule has 1 rings (SSSR count). The van der Waals surface area contributed by atoms with Gasteiger partial charge in [0, 0.05) is 25.3 Å². The number of rotatable bonds is 8. The van der Waals surface area contributed by atoms with Gasteiger partial charge in [-0.15, -0.1) is 0 Å². The van der Waals surface area contributed by atoms with Gasteiger partial charge in [-0.1, -0.05) is 13.8 Å². The Bertz CT molecular complexity index is 449. The summed E-state index contributed by atoms with van der Waals surface area (Å²) >= 11 is 0. The summed E-state index contributed by atoms with van der Waals surface area (Å²) in [7, 11) is 1.49. The first-order valence-corrected chi connectivity index (χ1v) is 6.64. The van der Waals surface area contributed by atoms with Crippen LogP contribution in [0.1, 0.15) is 25.8 Å². The van der Waals surface area contributed by atoms with Gasteiger partial charge in [0.2, 0.25) is 0 Å². The molecule has 1 unspecified atom stereocenters. The van der Waals surface area contributed by atoms with Crippen LogP contribution in [0.3, 0.4) is 0 Å². The predicted octanol–water partition coefficient (Wildman–Crippen LogP) is 2.10. The van der Waals surface area contributed by atoms with Gasteiger partial charge in [0.25, 0.3) is 5.69 Å². The summed E-state index contributed by atoms with van der Waals surface area (Å²) in [5.74, 6) is 0.849. The van der Waals surface area contributed by atoms with Gasteiger partial charge in [0.05, 0.1) is 18.1 Å². The standard InChI is InChI=1S/C14H22N2O4/c1-10(2)14(4-5-17)15-9-11-6-12(16(18)19)8-13(7-11)20-3/h6-8,10,14-15,17H,4-5,9H2,1-3H3. The molecule has 1 aromatic rings. The second-order valence-electron chi connectivity index (χ2n) is 5.04. The lowest BCUT2D eigenvalue weighted by Crippen LogP contribution is -2.34. The number of nitrogens with one attached hydrogen (secondary N) is 1. The lowest BCUT2D eigenvalue weighted by atomic mass is 10.0. The maximum atomic E-state index is 10.9. The Kier molecular flexibility index (Phi) is 6.41. The number of nitro benzene ring substituents is 1. The molecule has 0 aliphatic heterocycles. The third kappa shape index (κ3) is 4.79. The zero-order chi connectivity index (χ0) is 15.1. The number of aliphatic hydroxyl groups is 1. The smallest absolute Gasteiger partial charge is 0.273 e. The normalized spacial score (nSPS) is 12.4. The molecule has 0 heterocycles. The fourth-order valence-corrected chi connectivity index (χ4v) is 2.03. The maximum absolute atomic E-state index is 10.9. The van der Waals surface area contributed by atoms with E-state index in [-0.39, 0.29) is 18.3 Å². The number of aliphatic hydroxyl groups excluding tert-OH is 1. The van der Waals surface area contributed by atoms with Crippen LogP contribution in [0.5, 0.6) is 5.75 Å². The number of benzene rings is 1. The van der Waals surface area contributed by atoms with Crippen molar-refractivity contribution in [2.24, 2.45) is 5.92 Å².